The topological polar surface area (TPSA) is 146 Å². The second-order valence-corrected chi connectivity index (χ2v) is 11.1. The van der Waals surface area contributed by atoms with Crippen molar-refractivity contribution in [1.82, 2.24) is 4.90 Å². The number of likely N-dealkylation sites (tertiary alicyclic amines) is 1. The minimum Gasteiger partial charge on any atom is -0.445 e. The standard InChI is InChI=1S/C27H24FN3O9S/c28-25-12-20(9-10-24(25)19-13-29(14-19)26(32)38-16-18-5-2-1-3-6-18)30-15-22(40-27(30)33)17-39-41(36,37)23-8-4-7-21(11-23)31(34)35/h1-12,19,22H,13-17H2/t22-/m1/s1. The molecular formula is C27H24FN3O9S. The summed E-state index contributed by atoms with van der Waals surface area (Å²) in [5, 5.41) is 10.9. The fraction of sp³-hybridized carbons (Fsp3) is 0.259. The second kappa shape index (κ2) is 11.5. The Bertz CT molecular complexity index is 1580. The van der Waals surface area contributed by atoms with Gasteiger partial charge in [-0.2, -0.15) is 8.42 Å². The van der Waals surface area contributed by atoms with E-state index in [0.29, 0.717) is 5.56 Å². The molecule has 3 aromatic rings. The number of carbonyl (C=O) groups is 2. The molecule has 0 saturated carbocycles. The first-order valence-electron chi connectivity index (χ1n) is 12.5. The van der Waals surface area contributed by atoms with Crippen LogP contribution in [0.15, 0.2) is 77.7 Å². The summed E-state index contributed by atoms with van der Waals surface area (Å²) in [5.41, 5.74) is 1.03. The number of nitro groups is 1. The summed E-state index contributed by atoms with van der Waals surface area (Å²) in [4.78, 5) is 37.1. The van der Waals surface area contributed by atoms with Crippen LogP contribution in [0, 0.1) is 15.9 Å². The van der Waals surface area contributed by atoms with Crippen LogP contribution in [0.2, 0.25) is 0 Å². The maximum absolute atomic E-state index is 15.0. The number of rotatable bonds is 9. The number of carbonyl (C=O) groups excluding carboxylic acids is 2. The highest BCUT2D eigenvalue weighted by Gasteiger charge is 2.37. The van der Waals surface area contributed by atoms with Crippen LogP contribution in [-0.4, -0.2) is 62.8 Å². The summed E-state index contributed by atoms with van der Waals surface area (Å²) in [7, 11) is -4.36. The monoisotopic (exact) mass is 585 g/mol. The molecule has 0 N–H and O–H groups in total. The van der Waals surface area contributed by atoms with Crippen molar-refractivity contribution in [3.63, 3.8) is 0 Å². The van der Waals surface area contributed by atoms with Gasteiger partial charge in [-0.25, -0.2) is 14.0 Å². The van der Waals surface area contributed by atoms with Crippen molar-refractivity contribution in [2.45, 2.75) is 23.5 Å². The number of ether oxygens (including phenoxy) is 2. The Morgan fingerprint density at radius 1 is 1.05 bits per heavy atom. The molecule has 0 unspecified atom stereocenters. The summed E-state index contributed by atoms with van der Waals surface area (Å²) >= 11 is 0. The third-order valence-corrected chi connectivity index (χ3v) is 7.96. The van der Waals surface area contributed by atoms with Crippen LogP contribution in [0.25, 0.3) is 0 Å². The molecule has 5 rings (SSSR count). The fourth-order valence-electron chi connectivity index (χ4n) is 4.46. The predicted molar refractivity (Wildman–Crippen MR) is 141 cm³/mol. The molecule has 2 saturated heterocycles. The molecule has 1 atom stereocenters. The predicted octanol–water partition coefficient (Wildman–Crippen LogP) is 4.20. The summed E-state index contributed by atoms with van der Waals surface area (Å²) in [5.74, 6) is -0.801. The van der Waals surface area contributed by atoms with Gasteiger partial charge in [-0.1, -0.05) is 42.5 Å². The van der Waals surface area contributed by atoms with Gasteiger partial charge in [0.2, 0.25) is 0 Å². The van der Waals surface area contributed by atoms with E-state index >= 15 is 4.39 Å². The highest BCUT2D eigenvalue weighted by Crippen LogP contribution is 2.33. The van der Waals surface area contributed by atoms with E-state index in [0.717, 1.165) is 28.7 Å². The molecule has 0 radical (unpaired) electrons. The van der Waals surface area contributed by atoms with Gasteiger partial charge in [0.1, 0.15) is 30.0 Å². The first kappa shape index (κ1) is 28.0. The second-order valence-electron chi connectivity index (χ2n) is 9.46. The molecule has 0 aromatic heterocycles. The number of benzene rings is 3. The molecule has 0 bridgehead atoms. The maximum atomic E-state index is 15.0. The zero-order chi connectivity index (χ0) is 29.1. The van der Waals surface area contributed by atoms with Crippen LogP contribution in [0.4, 0.5) is 25.4 Å². The highest BCUT2D eigenvalue weighted by molar-refractivity contribution is 7.86. The van der Waals surface area contributed by atoms with E-state index in [1.165, 1.54) is 23.1 Å². The molecule has 2 amide bonds. The lowest BCUT2D eigenvalue weighted by atomic mass is 9.91. The van der Waals surface area contributed by atoms with Crippen LogP contribution in [0.3, 0.4) is 0 Å². The number of nitrogens with zero attached hydrogens (tertiary/aromatic N) is 3. The quantitative estimate of drug-likeness (QED) is 0.205. The number of amides is 2. The van der Waals surface area contributed by atoms with Crippen LogP contribution in [0.5, 0.6) is 0 Å². The number of hydrogen-bond acceptors (Lipinski definition) is 9. The Morgan fingerprint density at radius 2 is 1.80 bits per heavy atom. The van der Waals surface area contributed by atoms with Gasteiger partial charge in [-0.05, 0) is 29.3 Å². The smallest absolute Gasteiger partial charge is 0.414 e. The van der Waals surface area contributed by atoms with Crippen molar-refractivity contribution in [3.05, 3.63) is 99.9 Å². The zero-order valence-corrected chi connectivity index (χ0v) is 22.2. The number of cyclic esters (lactones) is 1. The molecule has 214 valence electrons. The minimum absolute atomic E-state index is 0.105. The lowest BCUT2D eigenvalue weighted by molar-refractivity contribution is -0.385. The normalized spacial score (nSPS) is 17.2. The number of nitro benzene ring substituents is 1. The molecule has 0 aliphatic carbocycles. The van der Waals surface area contributed by atoms with Crippen LogP contribution < -0.4 is 4.90 Å². The lowest BCUT2D eigenvalue weighted by Crippen LogP contribution is -2.48. The van der Waals surface area contributed by atoms with E-state index < -0.39 is 56.3 Å². The number of hydrogen-bond donors (Lipinski definition) is 0. The Labute approximate surface area is 234 Å². The Kier molecular flexibility index (Phi) is 7.85. The molecule has 2 fully saturated rings. The molecule has 3 aromatic carbocycles. The van der Waals surface area contributed by atoms with Gasteiger partial charge in [0, 0.05) is 31.1 Å². The number of halogens is 1. The van der Waals surface area contributed by atoms with E-state index in [4.69, 9.17) is 13.7 Å². The zero-order valence-electron chi connectivity index (χ0n) is 21.4. The first-order valence-corrected chi connectivity index (χ1v) is 13.9. The van der Waals surface area contributed by atoms with Crippen molar-refractivity contribution in [2.24, 2.45) is 0 Å². The van der Waals surface area contributed by atoms with Crippen molar-refractivity contribution < 1.29 is 41.0 Å². The molecule has 41 heavy (non-hydrogen) atoms. The largest absolute Gasteiger partial charge is 0.445 e. The van der Waals surface area contributed by atoms with E-state index in [-0.39, 0.29) is 37.8 Å². The van der Waals surface area contributed by atoms with Crippen molar-refractivity contribution in [2.75, 3.05) is 31.1 Å². The fourth-order valence-corrected chi connectivity index (χ4v) is 5.43. The van der Waals surface area contributed by atoms with Crippen molar-refractivity contribution in [3.8, 4) is 0 Å². The lowest BCUT2D eigenvalue weighted by Gasteiger charge is -2.38. The van der Waals surface area contributed by atoms with Crippen LogP contribution in [0.1, 0.15) is 17.0 Å². The molecule has 14 heteroatoms. The molecule has 2 aliphatic heterocycles. The average Bonchev–Trinajstić information content (AvgIpc) is 3.32. The van der Waals surface area contributed by atoms with E-state index in [9.17, 15) is 28.1 Å². The third kappa shape index (κ3) is 6.28. The van der Waals surface area contributed by atoms with Gasteiger partial charge in [0.15, 0.2) is 0 Å². The molecular weight excluding hydrogens is 561 g/mol. The molecule has 2 aliphatic rings. The van der Waals surface area contributed by atoms with E-state index in [2.05, 4.69) is 0 Å². The molecule has 2 heterocycles. The number of non-ortho nitro benzene ring substituents is 1. The van der Waals surface area contributed by atoms with Gasteiger partial charge in [-0.3, -0.25) is 19.2 Å². The van der Waals surface area contributed by atoms with E-state index in [1.807, 2.05) is 30.3 Å². The maximum Gasteiger partial charge on any atom is 0.414 e. The molecule has 0 spiro atoms. The van der Waals surface area contributed by atoms with E-state index in [1.54, 1.807) is 6.07 Å². The third-order valence-electron chi connectivity index (χ3n) is 6.68. The van der Waals surface area contributed by atoms with Gasteiger partial charge in [0.05, 0.1) is 17.2 Å². The minimum atomic E-state index is -4.36. The van der Waals surface area contributed by atoms with Gasteiger partial charge < -0.3 is 14.4 Å². The van der Waals surface area contributed by atoms with Crippen molar-refractivity contribution >= 4 is 33.7 Å². The van der Waals surface area contributed by atoms with Gasteiger partial charge >= 0.3 is 12.2 Å². The van der Waals surface area contributed by atoms with Crippen molar-refractivity contribution in [1.29, 1.82) is 0 Å². The van der Waals surface area contributed by atoms with Gasteiger partial charge in [-0.15, -0.1) is 0 Å². The summed E-state index contributed by atoms with van der Waals surface area (Å²) in [6.45, 7) is 0.0729. The summed E-state index contributed by atoms with van der Waals surface area (Å²) in [6.07, 6.45) is -2.28. The summed E-state index contributed by atoms with van der Waals surface area (Å²) < 4.78 is 55.4. The Morgan fingerprint density at radius 3 is 2.51 bits per heavy atom. The van der Waals surface area contributed by atoms with Crippen LogP contribution in [-0.2, 0) is 30.4 Å². The molecule has 12 nitrogen and oxygen atoms in total. The van der Waals surface area contributed by atoms with Crippen LogP contribution >= 0.6 is 0 Å². The average molecular weight is 586 g/mol. The summed E-state index contributed by atoms with van der Waals surface area (Å²) in [6, 6.07) is 17.9. The Balaban J connectivity index is 1.14. The Hall–Kier alpha value is -4.56. The first-order chi connectivity index (χ1) is 19.6. The SMILES string of the molecule is O=C(OCc1ccccc1)N1CC(c2ccc(N3C[C@H](COS(=O)(=O)c4cccc([N+](=O)[O-])c4)OC3=O)cc2F)C1. The van der Waals surface area contributed by atoms with Gasteiger partial charge in [0.25, 0.3) is 15.8 Å². The number of anilines is 1. The highest BCUT2D eigenvalue weighted by atomic mass is 32.2.